The second-order valence-corrected chi connectivity index (χ2v) is 36.8. The molecule has 0 atom stereocenters. The van der Waals surface area contributed by atoms with Crippen molar-refractivity contribution in [2.45, 2.75) is 0 Å². The van der Waals surface area contributed by atoms with Crippen LogP contribution in [-0.4, -0.2) is 0 Å². The van der Waals surface area contributed by atoms with E-state index in [1.807, 2.05) is 0 Å². The molecule has 0 unspecified atom stereocenters. The molecule has 0 saturated heterocycles. The summed E-state index contributed by atoms with van der Waals surface area (Å²) in [6, 6.07) is 211. The molecule has 0 aliphatic carbocycles. The van der Waals surface area contributed by atoms with E-state index in [0.29, 0.717) is 0 Å². The standard InChI is InChI=1S/C78H54.C66H46/c1-5-17-57(18-6-1)61-33-29-55(30-34-61)53-75(65-41-37-63(38-42-65)59-21-9-3-10-22-59)67-45-49-69(50-46-67)77-71-25-13-15-27-73(71)78(74-28-16-14-26-72(74)77)70-51-47-68(48-52-70)76(66-43-39-64(40-44-66)60-23-11-4-12-24-60)54-56-31-35-62(36-32-56)58-19-7-2-8-20-58;1-5-17-47(18-6-1)45-63(53-33-29-51(30-34-53)49-21-9-3-10-22-49)55-37-41-57(42-38-55)65-59-25-13-15-27-61(59)66(62-28-16-14-26-60(62)65)58-43-39-56(40-44-58)64(46-48-19-7-2-8-20-48)54-35-31-52(32-36-54)50-23-11-4-12-24-50/h1-54H;1-46H/b75-53+,76-54+;63-45+,64-46+. The van der Waals surface area contributed by atoms with Crippen molar-refractivity contribution < 1.29 is 0 Å². The molecule has 0 heterocycles. The Kier molecular flexibility index (Phi) is 25.7. The smallest absolute Gasteiger partial charge is 0.00264 e. The zero-order valence-corrected chi connectivity index (χ0v) is 79.7. The predicted molar refractivity (Wildman–Crippen MR) is 617 cm³/mol. The van der Waals surface area contributed by atoms with Gasteiger partial charge in [-0.05, 0) is 268 Å². The van der Waals surface area contributed by atoms with Gasteiger partial charge in [0.05, 0.1) is 0 Å². The van der Waals surface area contributed by atoms with E-state index in [9.17, 15) is 0 Å². The first-order valence-corrected chi connectivity index (χ1v) is 49.6. The number of hydrogen-bond donors (Lipinski definition) is 0. The van der Waals surface area contributed by atoms with Crippen molar-refractivity contribution in [1.29, 1.82) is 0 Å². The number of benzene rings is 24. The molecule has 0 aliphatic rings. The van der Waals surface area contributed by atoms with Crippen molar-refractivity contribution in [3.05, 3.63) is 649 Å². The molecule has 0 radical (unpaired) electrons. The minimum absolute atomic E-state index is 1.15. The maximum Gasteiger partial charge on any atom is -0.00264 e. The molecule has 0 aromatic heterocycles. The van der Waals surface area contributed by atoms with Gasteiger partial charge in [-0.2, -0.15) is 0 Å². The predicted octanol–water partition coefficient (Wildman–Crippen LogP) is 39.0. The summed E-state index contributed by atoms with van der Waals surface area (Å²) in [4.78, 5) is 0. The third-order valence-corrected chi connectivity index (χ3v) is 27.9. The lowest BCUT2D eigenvalue weighted by atomic mass is 9.85. The van der Waals surface area contributed by atoms with E-state index < -0.39 is 0 Å². The van der Waals surface area contributed by atoms with Gasteiger partial charge in [-0.25, -0.2) is 0 Å². The van der Waals surface area contributed by atoms with Crippen molar-refractivity contribution in [3.8, 4) is 111 Å². The van der Waals surface area contributed by atoms with Gasteiger partial charge in [-0.15, -0.1) is 0 Å². The first-order chi connectivity index (χ1) is 71.4. The highest BCUT2D eigenvalue weighted by atomic mass is 14.3. The van der Waals surface area contributed by atoms with E-state index in [-0.39, 0.29) is 0 Å². The number of fused-ring (bicyclic) bond motifs is 4. The Hall–Kier alpha value is -18.7. The molecule has 24 rings (SSSR count). The van der Waals surface area contributed by atoms with Gasteiger partial charge in [-0.3, -0.25) is 0 Å². The monoisotopic (exact) mass is 1830 g/mol. The largest absolute Gasteiger partial charge is 0.0622 e. The summed E-state index contributed by atoms with van der Waals surface area (Å²) in [6.45, 7) is 0. The van der Waals surface area contributed by atoms with Gasteiger partial charge in [0, 0.05) is 0 Å². The average Bonchev–Trinajstić information content (AvgIpc) is 0.735. The van der Waals surface area contributed by atoms with Crippen LogP contribution in [0.5, 0.6) is 0 Å². The summed E-state index contributed by atoms with van der Waals surface area (Å²) in [7, 11) is 0. The Balaban J connectivity index is 0.000000162. The molecular weight excluding hydrogens is 1730 g/mol. The van der Waals surface area contributed by atoms with E-state index in [1.165, 1.54) is 221 Å². The summed E-state index contributed by atoms with van der Waals surface area (Å²) in [5.74, 6) is 0. The minimum Gasteiger partial charge on any atom is -0.0622 e. The lowest BCUT2D eigenvalue weighted by molar-refractivity contribution is 1.53. The SMILES string of the molecule is C(=C(/c1ccc(-c2ccccc2)cc1)c1ccc(-c2c3ccccc3c(-c3ccc(/C(=C/c4ccc(-c5ccccc5)cc4)c4ccc(-c5ccccc5)cc4)cc3)c3ccccc23)cc1)/c1ccc(-c2ccccc2)cc1.C(=C(/c1ccc(-c2ccccc2)cc1)c1ccc(-c2c3ccccc3c(-c3ccc(/C(=C/c4ccccc4)c4ccc(-c5ccccc5)cc4)cc3)c3ccccc23)cc1)/c1ccccc1. The highest BCUT2D eigenvalue weighted by molar-refractivity contribution is 6.23. The van der Waals surface area contributed by atoms with Crippen LogP contribution in [0.4, 0.5) is 0 Å². The highest BCUT2D eigenvalue weighted by Gasteiger charge is 2.23. The molecule has 0 saturated carbocycles. The van der Waals surface area contributed by atoms with Crippen LogP contribution < -0.4 is 0 Å². The van der Waals surface area contributed by atoms with Crippen LogP contribution in [0, 0.1) is 0 Å². The summed E-state index contributed by atoms with van der Waals surface area (Å²) >= 11 is 0. The molecule has 144 heavy (non-hydrogen) atoms. The van der Waals surface area contributed by atoms with Crippen LogP contribution in [-0.2, 0) is 0 Å². The minimum atomic E-state index is 1.15. The Morgan fingerprint density at radius 1 is 0.0903 bits per heavy atom. The first-order valence-electron chi connectivity index (χ1n) is 49.6. The Morgan fingerprint density at radius 2 is 0.201 bits per heavy atom. The lowest BCUT2D eigenvalue weighted by Crippen LogP contribution is -1.93. The Morgan fingerprint density at radius 3 is 0.354 bits per heavy atom. The second kappa shape index (κ2) is 41.5. The van der Waals surface area contributed by atoms with Crippen molar-refractivity contribution >= 4 is 89.7 Å². The molecule has 0 spiro atoms. The van der Waals surface area contributed by atoms with Gasteiger partial charge in [0.2, 0.25) is 0 Å². The molecule has 0 fully saturated rings. The number of rotatable bonds is 22. The molecular formula is C144H100. The van der Waals surface area contributed by atoms with Crippen LogP contribution in [0.3, 0.4) is 0 Å². The van der Waals surface area contributed by atoms with Crippen molar-refractivity contribution in [2.75, 3.05) is 0 Å². The van der Waals surface area contributed by atoms with Gasteiger partial charge in [0.1, 0.15) is 0 Å². The molecule has 0 nitrogen and oxygen atoms in total. The van der Waals surface area contributed by atoms with Crippen molar-refractivity contribution in [1.82, 2.24) is 0 Å². The fourth-order valence-corrected chi connectivity index (χ4v) is 20.6. The summed E-state index contributed by atoms with van der Waals surface area (Å²) in [6.07, 6.45) is 9.27. The molecule has 0 amide bonds. The second-order valence-electron chi connectivity index (χ2n) is 36.8. The summed E-state index contributed by atoms with van der Waals surface area (Å²) in [5.41, 5.74) is 43.0. The Labute approximate surface area is 843 Å². The molecule has 676 valence electrons. The first kappa shape index (κ1) is 89.2. The van der Waals surface area contributed by atoms with Crippen LogP contribution in [0.25, 0.3) is 201 Å². The molecule has 0 heteroatoms. The van der Waals surface area contributed by atoms with Gasteiger partial charge in [0.15, 0.2) is 0 Å². The van der Waals surface area contributed by atoms with E-state index in [1.54, 1.807) is 0 Å². The van der Waals surface area contributed by atoms with Gasteiger partial charge < -0.3 is 0 Å². The molecule has 0 bridgehead atoms. The van der Waals surface area contributed by atoms with E-state index in [0.717, 1.165) is 22.3 Å². The van der Waals surface area contributed by atoms with E-state index in [2.05, 4.69) is 607 Å². The lowest BCUT2D eigenvalue weighted by Gasteiger charge is -2.19. The van der Waals surface area contributed by atoms with Crippen LogP contribution >= 0.6 is 0 Å². The van der Waals surface area contributed by atoms with Gasteiger partial charge in [0.25, 0.3) is 0 Å². The quantitative estimate of drug-likeness (QED) is 0.0469. The van der Waals surface area contributed by atoms with Crippen LogP contribution in [0.2, 0.25) is 0 Å². The molecule has 24 aromatic carbocycles. The fourth-order valence-electron chi connectivity index (χ4n) is 20.6. The zero-order valence-electron chi connectivity index (χ0n) is 79.7. The number of hydrogen-bond acceptors (Lipinski definition) is 0. The van der Waals surface area contributed by atoms with E-state index >= 15 is 0 Å². The molecule has 0 N–H and O–H groups in total. The topological polar surface area (TPSA) is 0 Å². The van der Waals surface area contributed by atoms with Crippen LogP contribution in [0.1, 0.15) is 66.8 Å². The summed E-state index contributed by atoms with van der Waals surface area (Å²) < 4.78 is 0. The van der Waals surface area contributed by atoms with Gasteiger partial charge in [-0.1, -0.05) is 582 Å². The summed E-state index contributed by atoms with van der Waals surface area (Å²) in [5, 5.41) is 9.87. The molecule has 0 aliphatic heterocycles. The third-order valence-electron chi connectivity index (χ3n) is 27.9. The highest BCUT2D eigenvalue weighted by Crippen LogP contribution is 2.49. The maximum absolute atomic E-state index is 2.33. The van der Waals surface area contributed by atoms with Crippen molar-refractivity contribution in [2.24, 2.45) is 0 Å². The van der Waals surface area contributed by atoms with Crippen LogP contribution in [0.15, 0.2) is 582 Å². The van der Waals surface area contributed by atoms with Crippen molar-refractivity contribution in [3.63, 3.8) is 0 Å². The van der Waals surface area contributed by atoms with Gasteiger partial charge >= 0.3 is 0 Å². The average molecular weight is 1830 g/mol. The fraction of sp³-hybridized carbons (Fsp3) is 0. The third kappa shape index (κ3) is 19.3. The maximum atomic E-state index is 2.33. The molecule has 24 aromatic rings. The normalized spacial score (nSPS) is 11.8. The zero-order chi connectivity index (χ0) is 96.1. The van der Waals surface area contributed by atoms with E-state index in [4.69, 9.17) is 0 Å². The Bertz CT molecular complexity index is 8110.